The summed E-state index contributed by atoms with van der Waals surface area (Å²) in [6, 6.07) is 19.9. The van der Waals surface area contributed by atoms with Crippen molar-refractivity contribution in [2.45, 2.75) is 8.42 Å². The van der Waals surface area contributed by atoms with Crippen LogP contribution in [0.2, 0.25) is 0 Å². The molecule has 0 spiro atoms. The molecule has 4 heterocycles. The molecule has 2 aromatic carbocycles. The number of anilines is 3. The first kappa shape index (κ1) is 19.5. The van der Waals surface area contributed by atoms with Crippen LogP contribution in [0.5, 0.6) is 0 Å². The second-order valence-corrected chi connectivity index (χ2v) is 12.2. The third-order valence-corrected chi connectivity index (χ3v) is 10.1. The van der Waals surface area contributed by atoms with E-state index in [1.807, 2.05) is 54.2 Å². The number of carbonyl (C=O) groups is 2. The maximum atomic E-state index is 13.1. The van der Waals surface area contributed by atoms with Gasteiger partial charge in [-0.15, -0.1) is 34.0 Å². The fourth-order valence-electron chi connectivity index (χ4n) is 4.34. The quantitative estimate of drug-likeness (QED) is 0.177. The summed E-state index contributed by atoms with van der Waals surface area (Å²) in [6.07, 6.45) is 1.76. The van der Waals surface area contributed by atoms with Gasteiger partial charge in [-0.05, 0) is 64.0 Å². The Morgan fingerprint density at radius 2 is 1.33 bits per heavy atom. The fraction of sp³-hybridized carbons (Fsp3) is 0. The molecule has 3 aromatic heterocycles. The molecular weight excluding hydrogens is 487 g/mol. The number of rotatable bonds is 2. The molecule has 0 saturated heterocycles. The van der Waals surface area contributed by atoms with Gasteiger partial charge in [0.15, 0.2) is 11.6 Å². The summed E-state index contributed by atoms with van der Waals surface area (Å²) in [5, 5.41) is 7.25. The van der Waals surface area contributed by atoms with E-state index in [0.29, 0.717) is 11.1 Å². The van der Waals surface area contributed by atoms with E-state index in [1.54, 1.807) is 40.1 Å². The van der Waals surface area contributed by atoms with Crippen LogP contribution in [-0.2, 0) is 0 Å². The summed E-state index contributed by atoms with van der Waals surface area (Å²) in [6.45, 7) is 0. The van der Waals surface area contributed by atoms with E-state index in [0.717, 1.165) is 20.7 Å². The topological polar surface area (TPSA) is 37.4 Å². The van der Waals surface area contributed by atoms with Crippen molar-refractivity contribution < 1.29 is 9.59 Å². The lowest BCUT2D eigenvalue weighted by molar-refractivity contribution is 0.0990. The van der Waals surface area contributed by atoms with Crippen molar-refractivity contribution in [3.8, 4) is 0 Å². The van der Waals surface area contributed by atoms with E-state index in [4.69, 9.17) is 0 Å². The number of fused-ring (bicyclic) bond motifs is 4. The van der Waals surface area contributed by atoms with E-state index < -0.39 is 0 Å². The summed E-state index contributed by atoms with van der Waals surface area (Å²) in [5.41, 5.74) is 3.62. The maximum absolute atomic E-state index is 13.1. The highest BCUT2D eigenvalue weighted by molar-refractivity contribution is 8.03. The number of hydrogen-bond donors (Lipinski definition) is 0. The number of carbonyl (C=O) groups excluding carboxylic acids is 2. The van der Waals surface area contributed by atoms with Crippen LogP contribution in [0, 0.1) is 0 Å². The van der Waals surface area contributed by atoms with Crippen LogP contribution in [0.4, 0.5) is 16.4 Å². The molecule has 0 amide bonds. The lowest BCUT2D eigenvalue weighted by Gasteiger charge is -2.27. The molecule has 0 fully saturated rings. The molecule has 0 unspecified atom stereocenters. The monoisotopic (exact) mass is 499 g/mol. The number of ketones is 2. The van der Waals surface area contributed by atoms with Gasteiger partial charge in [-0.25, -0.2) is 0 Å². The van der Waals surface area contributed by atoms with Gasteiger partial charge in [0.25, 0.3) is 0 Å². The molecule has 0 saturated carbocycles. The minimum absolute atomic E-state index is 0.190. The molecule has 33 heavy (non-hydrogen) atoms. The first-order valence-electron chi connectivity index (χ1n) is 10.2. The fourth-order valence-corrected chi connectivity index (χ4v) is 8.59. The number of thiophene rings is 3. The van der Waals surface area contributed by atoms with Crippen LogP contribution in [0.25, 0.3) is 16.8 Å². The lowest BCUT2D eigenvalue weighted by atomic mass is 10.0. The highest BCUT2D eigenvalue weighted by Gasteiger charge is 2.34. The van der Waals surface area contributed by atoms with Gasteiger partial charge >= 0.3 is 0 Å². The Balaban J connectivity index is 1.29. The molecule has 0 bridgehead atoms. The van der Waals surface area contributed by atoms with Crippen molar-refractivity contribution in [2.75, 3.05) is 4.90 Å². The van der Waals surface area contributed by atoms with Crippen LogP contribution in [0.15, 0.2) is 85.4 Å². The highest BCUT2D eigenvalue weighted by Crippen LogP contribution is 2.56. The highest BCUT2D eigenvalue weighted by atomic mass is 32.2. The van der Waals surface area contributed by atoms with Gasteiger partial charge in [-0.1, -0.05) is 36.0 Å². The Hall–Kier alpha value is -2.97. The molecule has 7 rings (SSSR count). The van der Waals surface area contributed by atoms with Gasteiger partial charge in [-0.2, -0.15) is 0 Å². The predicted molar refractivity (Wildman–Crippen MR) is 139 cm³/mol. The van der Waals surface area contributed by atoms with Gasteiger partial charge in [0, 0.05) is 16.0 Å². The number of Topliss-reactive ketones (excluding diaryl/α,β-unsaturated/α-hetero) is 2. The summed E-state index contributed by atoms with van der Waals surface area (Å²) in [5.74, 6) is -0.379. The van der Waals surface area contributed by atoms with E-state index in [2.05, 4.69) is 33.9 Å². The van der Waals surface area contributed by atoms with Crippen molar-refractivity contribution in [3.05, 3.63) is 93.0 Å². The van der Waals surface area contributed by atoms with Gasteiger partial charge in [0.05, 0.1) is 25.4 Å². The molecule has 1 aliphatic carbocycles. The zero-order valence-corrected chi connectivity index (χ0v) is 20.2. The summed E-state index contributed by atoms with van der Waals surface area (Å²) in [7, 11) is 0. The van der Waals surface area contributed by atoms with Gasteiger partial charge in [-0.3, -0.25) is 14.5 Å². The van der Waals surface area contributed by atoms with E-state index in [-0.39, 0.29) is 17.1 Å². The van der Waals surface area contributed by atoms with E-state index in [9.17, 15) is 9.59 Å². The molecule has 7 heteroatoms. The van der Waals surface area contributed by atoms with Crippen LogP contribution in [0.3, 0.4) is 0 Å². The number of allylic oxidation sites excluding steroid dienone is 1. The van der Waals surface area contributed by atoms with Crippen LogP contribution < -0.4 is 4.90 Å². The third-order valence-electron chi connectivity index (χ3n) is 5.87. The predicted octanol–water partition coefficient (Wildman–Crippen LogP) is 8.42. The normalized spacial score (nSPS) is 14.5. The number of nitrogens with zero attached hydrogens (tertiary/aromatic N) is 1. The van der Waals surface area contributed by atoms with Crippen LogP contribution >= 0.6 is 45.8 Å². The summed E-state index contributed by atoms with van der Waals surface area (Å²) in [4.78, 5) is 29.4. The Morgan fingerprint density at radius 3 is 1.94 bits per heavy atom. The van der Waals surface area contributed by atoms with Gasteiger partial charge < -0.3 is 0 Å². The van der Waals surface area contributed by atoms with Crippen LogP contribution in [0.1, 0.15) is 25.6 Å². The second-order valence-electron chi connectivity index (χ2n) is 7.76. The minimum atomic E-state index is -0.190. The number of benzene rings is 2. The third kappa shape index (κ3) is 2.93. The molecule has 1 aliphatic heterocycles. The Bertz CT molecular complexity index is 1550. The lowest BCUT2D eigenvalue weighted by Crippen LogP contribution is -2.10. The Morgan fingerprint density at radius 1 is 0.727 bits per heavy atom. The first-order valence-corrected chi connectivity index (χ1v) is 13.6. The molecule has 0 N–H and O–H groups in total. The standard InChI is InChI=1S/C26H13NO2S4/c28-23-17-11-14-3-1-2-4-15(14)12-18(17)24(29)19(23)13-16-5-6-22(32-16)27-20-7-9-30-25(20)33-26-21(27)8-10-31-26/h1-13H. The average molecular weight is 500 g/mol. The number of hydrogen-bond acceptors (Lipinski definition) is 7. The average Bonchev–Trinajstić information content (AvgIpc) is 3.62. The molecule has 158 valence electrons. The zero-order chi connectivity index (χ0) is 22.1. The largest absolute Gasteiger partial charge is 0.298 e. The van der Waals surface area contributed by atoms with Crippen molar-refractivity contribution in [1.29, 1.82) is 0 Å². The molecular formula is C26H13NO2S4. The summed E-state index contributed by atoms with van der Waals surface area (Å²) >= 11 is 6.91. The van der Waals surface area contributed by atoms with Crippen molar-refractivity contribution >= 4 is 90.6 Å². The van der Waals surface area contributed by atoms with Crippen molar-refractivity contribution in [3.63, 3.8) is 0 Å². The van der Waals surface area contributed by atoms with Gasteiger partial charge in [0.1, 0.15) is 5.00 Å². The SMILES string of the molecule is O=C1C(=Cc2ccc(N3c4ccsc4Sc4sccc43)s2)C(=O)c2cc3ccccc3cc21. The smallest absolute Gasteiger partial charge is 0.197 e. The van der Waals surface area contributed by atoms with Gasteiger partial charge in [0.2, 0.25) is 0 Å². The Labute approximate surface area is 205 Å². The first-order chi connectivity index (χ1) is 16.2. The molecule has 2 aliphatic rings. The Kier molecular flexibility index (Phi) is 4.29. The maximum Gasteiger partial charge on any atom is 0.197 e. The van der Waals surface area contributed by atoms with Crippen LogP contribution in [-0.4, -0.2) is 11.6 Å². The van der Waals surface area contributed by atoms with E-state index >= 15 is 0 Å². The van der Waals surface area contributed by atoms with Crippen molar-refractivity contribution in [1.82, 2.24) is 0 Å². The molecule has 3 nitrogen and oxygen atoms in total. The molecule has 5 aromatic rings. The van der Waals surface area contributed by atoms with Crippen molar-refractivity contribution in [2.24, 2.45) is 0 Å². The van der Waals surface area contributed by atoms with E-state index in [1.165, 1.54) is 19.8 Å². The zero-order valence-electron chi connectivity index (χ0n) is 16.9. The molecule has 0 atom stereocenters. The molecule has 0 radical (unpaired) electrons. The summed E-state index contributed by atoms with van der Waals surface area (Å²) < 4.78 is 2.56. The second kappa shape index (κ2) is 7.27. The minimum Gasteiger partial charge on any atom is -0.298 e.